The van der Waals surface area contributed by atoms with E-state index in [1.54, 1.807) is 0 Å². The lowest BCUT2D eigenvalue weighted by Crippen LogP contribution is -2.68. The first-order valence-electron chi connectivity index (χ1n) is 11.4. The standard InChI is InChI=1S/C25H32O6/c1-12-8-14-13-9-18-24(4)7-6-19(27)23(2,3)17(24)11-20(28)25(18,5)31-16(13)10-15(26)21(14)22(29)30-12/h10,12,17-18,20,26,28H,6-9,11H2,1-5H3. The van der Waals surface area contributed by atoms with Crippen LogP contribution in [0.15, 0.2) is 6.07 Å². The minimum absolute atomic E-state index is 0.0180. The molecule has 2 N–H and O–H groups in total. The van der Waals surface area contributed by atoms with Crippen LogP contribution in [0.3, 0.4) is 0 Å². The number of phenols is 1. The lowest BCUT2D eigenvalue weighted by Gasteiger charge is -2.64. The van der Waals surface area contributed by atoms with Gasteiger partial charge in [0, 0.05) is 30.2 Å². The monoisotopic (exact) mass is 428 g/mol. The third-order valence-corrected chi connectivity index (χ3v) is 9.11. The van der Waals surface area contributed by atoms with Crippen molar-refractivity contribution < 1.29 is 29.3 Å². The average molecular weight is 429 g/mol. The van der Waals surface area contributed by atoms with E-state index in [9.17, 15) is 19.8 Å². The lowest BCUT2D eigenvalue weighted by atomic mass is 9.43. The SMILES string of the molecule is CC1Cc2c3c(cc(O)c2C(=O)O1)OC1(C)C(O)CC2C(C)(C)C(=O)CCC2(C)C1C3. The van der Waals surface area contributed by atoms with Crippen LogP contribution < -0.4 is 4.74 Å². The maximum absolute atomic E-state index is 12.8. The molecular weight excluding hydrogens is 396 g/mol. The van der Waals surface area contributed by atoms with E-state index >= 15 is 0 Å². The fraction of sp³-hybridized carbons (Fsp3) is 0.680. The third kappa shape index (κ3) is 2.60. The van der Waals surface area contributed by atoms with E-state index in [0.717, 1.165) is 17.5 Å². The summed E-state index contributed by atoms with van der Waals surface area (Å²) in [5.74, 6) is 0.212. The van der Waals surface area contributed by atoms with Crippen LogP contribution in [0.2, 0.25) is 0 Å². The summed E-state index contributed by atoms with van der Waals surface area (Å²) < 4.78 is 11.9. The number of Topliss-reactive ketones (excluding diaryl/α,β-unsaturated/α-hetero) is 1. The highest BCUT2D eigenvalue weighted by Crippen LogP contribution is 2.64. The van der Waals surface area contributed by atoms with Gasteiger partial charge in [0.05, 0.1) is 6.10 Å². The van der Waals surface area contributed by atoms with E-state index in [4.69, 9.17) is 9.47 Å². The number of aliphatic hydroxyl groups is 1. The molecule has 6 nitrogen and oxygen atoms in total. The van der Waals surface area contributed by atoms with Gasteiger partial charge in [0.15, 0.2) is 0 Å². The summed E-state index contributed by atoms with van der Waals surface area (Å²) in [6, 6.07) is 1.50. The number of fused-ring (bicyclic) bond motifs is 6. The number of hydrogen-bond acceptors (Lipinski definition) is 6. The Balaban J connectivity index is 1.67. The number of esters is 1. The molecule has 168 valence electrons. The van der Waals surface area contributed by atoms with Crippen molar-refractivity contribution in [1.82, 2.24) is 0 Å². The van der Waals surface area contributed by atoms with Gasteiger partial charge in [0.2, 0.25) is 0 Å². The highest BCUT2D eigenvalue weighted by Gasteiger charge is 2.65. The van der Waals surface area contributed by atoms with Crippen molar-refractivity contribution in [3.63, 3.8) is 0 Å². The van der Waals surface area contributed by atoms with E-state index in [-0.39, 0.29) is 40.5 Å². The van der Waals surface area contributed by atoms with Crippen molar-refractivity contribution >= 4 is 11.8 Å². The molecule has 31 heavy (non-hydrogen) atoms. The molecule has 4 aliphatic rings. The number of ether oxygens (including phenoxy) is 2. The molecule has 1 aromatic carbocycles. The first kappa shape index (κ1) is 20.8. The van der Waals surface area contributed by atoms with Crippen LogP contribution in [-0.4, -0.2) is 39.8 Å². The van der Waals surface area contributed by atoms with Crippen LogP contribution in [0.5, 0.6) is 11.5 Å². The molecule has 2 aliphatic carbocycles. The number of aliphatic hydroxyl groups excluding tert-OH is 1. The molecule has 0 radical (unpaired) electrons. The fourth-order valence-electron chi connectivity index (χ4n) is 7.32. The first-order chi connectivity index (χ1) is 14.4. The zero-order valence-electron chi connectivity index (χ0n) is 18.9. The Hall–Kier alpha value is -2.08. The van der Waals surface area contributed by atoms with Crippen LogP contribution in [0.4, 0.5) is 0 Å². The van der Waals surface area contributed by atoms with Gasteiger partial charge in [-0.05, 0) is 55.6 Å². The Bertz CT molecular complexity index is 996. The van der Waals surface area contributed by atoms with Crippen molar-refractivity contribution in [3.05, 3.63) is 22.8 Å². The second kappa shape index (κ2) is 6.25. The molecule has 0 saturated heterocycles. The predicted molar refractivity (Wildman–Crippen MR) is 113 cm³/mol. The van der Waals surface area contributed by atoms with Gasteiger partial charge in [-0.15, -0.1) is 0 Å². The number of cyclic esters (lactones) is 1. The van der Waals surface area contributed by atoms with Crippen LogP contribution in [-0.2, 0) is 22.4 Å². The number of benzene rings is 1. The van der Waals surface area contributed by atoms with Crippen molar-refractivity contribution in [3.8, 4) is 11.5 Å². The quantitative estimate of drug-likeness (QED) is 0.614. The Morgan fingerprint density at radius 3 is 2.48 bits per heavy atom. The highest BCUT2D eigenvalue weighted by atomic mass is 16.5. The molecule has 6 heteroatoms. The van der Waals surface area contributed by atoms with Crippen molar-refractivity contribution in [2.24, 2.45) is 22.7 Å². The van der Waals surface area contributed by atoms with E-state index in [1.807, 2.05) is 27.7 Å². The summed E-state index contributed by atoms with van der Waals surface area (Å²) >= 11 is 0. The van der Waals surface area contributed by atoms with Gasteiger partial charge >= 0.3 is 5.97 Å². The number of carbonyl (C=O) groups is 2. The second-order valence-electron chi connectivity index (χ2n) is 11.1. The van der Waals surface area contributed by atoms with E-state index in [1.165, 1.54) is 6.07 Å². The smallest absolute Gasteiger partial charge is 0.342 e. The summed E-state index contributed by atoms with van der Waals surface area (Å²) in [4.78, 5) is 25.3. The molecule has 2 fully saturated rings. The third-order valence-electron chi connectivity index (χ3n) is 9.11. The molecule has 1 aromatic rings. The van der Waals surface area contributed by atoms with Crippen LogP contribution in [0, 0.1) is 22.7 Å². The zero-order valence-corrected chi connectivity index (χ0v) is 18.9. The van der Waals surface area contributed by atoms with Crippen LogP contribution in [0.1, 0.15) is 75.4 Å². The molecular formula is C25H32O6. The normalized spacial score (nSPS) is 40.6. The largest absolute Gasteiger partial charge is 0.507 e. The predicted octanol–water partition coefficient (Wildman–Crippen LogP) is 3.58. The number of hydrogen-bond donors (Lipinski definition) is 2. The van der Waals surface area contributed by atoms with Gasteiger partial charge in [0.25, 0.3) is 0 Å². The topological polar surface area (TPSA) is 93.1 Å². The molecule has 2 heterocycles. The number of phenolic OH excluding ortho intramolecular Hbond substituents is 1. The number of rotatable bonds is 0. The van der Waals surface area contributed by atoms with Crippen molar-refractivity contribution in [2.75, 3.05) is 0 Å². The van der Waals surface area contributed by atoms with Gasteiger partial charge in [-0.1, -0.05) is 20.8 Å². The molecule has 6 atom stereocenters. The molecule has 2 saturated carbocycles. The Morgan fingerprint density at radius 2 is 1.77 bits per heavy atom. The second-order valence-corrected chi connectivity index (χ2v) is 11.1. The highest BCUT2D eigenvalue weighted by molar-refractivity contribution is 5.96. The maximum atomic E-state index is 12.8. The molecule has 5 rings (SSSR count). The van der Waals surface area contributed by atoms with Gasteiger partial charge in [-0.25, -0.2) is 4.79 Å². The summed E-state index contributed by atoms with van der Waals surface area (Å²) in [5.41, 5.74) is 0.462. The molecule has 0 aromatic heterocycles. The molecule has 0 spiro atoms. The number of carbonyl (C=O) groups excluding carboxylic acids is 2. The van der Waals surface area contributed by atoms with Crippen molar-refractivity contribution in [2.45, 2.75) is 84.5 Å². The van der Waals surface area contributed by atoms with Gasteiger partial charge < -0.3 is 19.7 Å². The summed E-state index contributed by atoms with van der Waals surface area (Å²) in [6.45, 7) is 10.1. The minimum Gasteiger partial charge on any atom is -0.507 e. The average Bonchev–Trinajstić information content (AvgIpc) is 2.66. The Kier molecular flexibility index (Phi) is 4.19. The Morgan fingerprint density at radius 1 is 1.06 bits per heavy atom. The minimum atomic E-state index is -0.823. The molecule has 0 bridgehead atoms. The molecule has 6 unspecified atom stereocenters. The van der Waals surface area contributed by atoms with Crippen LogP contribution >= 0.6 is 0 Å². The van der Waals surface area contributed by atoms with E-state index in [0.29, 0.717) is 31.4 Å². The molecule has 2 aliphatic heterocycles. The summed E-state index contributed by atoms with van der Waals surface area (Å²) in [5, 5.41) is 21.8. The maximum Gasteiger partial charge on any atom is 0.342 e. The number of ketones is 1. The Labute approximate surface area is 182 Å². The van der Waals surface area contributed by atoms with E-state index < -0.39 is 23.1 Å². The van der Waals surface area contributed by atoms with Gasteiger partial charge in [0.1, 0.15) is 34.6 Å². The van der Waals surface area contributed by atoms with E-state index in [2.05, 4.69) is 6.92 Å². The zero-order chi connectivity index (χ0) is 22.5. The summed E-state index contributed by atoms with van der Waals surface area (Å²) in [7, 11) is 0. The molecule has 0 amide bonds. The van der Waals surface area contributed by atoms with Crippen LogP contribution in [0.25, 0.3) is 0 Å². The lowest BCUT2D eigenvalue weighted by molar-refractivity contribution is -0.212. The van der Waals surface area contributed by atoms with Crippen molar-refractivity contribution in [1.29, 1.82) is 0 Å². The first-order valence-corrected chi connectivity index (χ1v) is 11.4. The number of aromatic hydroxyl groups is 1. The van der Waals surface area contributed by atoms with Gasteiger partial charge in [-0.3, -0.25) is 4.79 Å². The summed E-state index contributed by atoms with van der Waals surface area (Å²) in [6.07, 6.45) is 1.98. The fourth-order valence-corrected chi connectivity index (χ4v) is 7.32. The van der Waals surface area contributed by atoms with Gasteiger partial charge in [-0.2, -0.15) is 0 Å².